The Labute approximate surface area is 144 Å². The molecule has 0 unspecified atom stereocenters. The summed E-state index contributed by atoms with van der Waals surface area (Å²) in [5, 5.41) is 7.32. The third-order valence-electron chi connectivity index (χ3n) is 3.03. The summed E-state index contributed by atoms with van der Waals surface area (Å²) in [6.45, 7) is 0.785. The summed E-state index contributed by atoms with van der Waals surface area (Å²) in [7, 11) is 0. The maximum atomic E-state index is 12.4. The van der Waals surface area contributed by atoms with Gasteiger partial charge in [0, 0.05) is 21.3 Å². The first kappa shape index (κ1) is 17.8. The molecule has 3 nitrogen and oxygen atoms in total. The van der Waals surface area contributed by atoms with E-state index in [2.05, 4.69) is 26.6 Å². The number of carbonyl (C=O) groups is 1. The van der Waals surface area contributed by atoms with Gasteiger partial charge in [0.15, 0.2) is 0 Å². The van der Waals surface area contributed by atoms with E-state index >= 15 is 0 Å². The van der Waals surface area contributed by atoms with Gasteiger partial charge in [-0.2, -0.15) is 13.2 Å². The van der Waals surface area contributed by atoms with Crippen LogP contribution in [0.25, 0.3) is 0 Å². The molecule has 124 valence electrons. The summed E-state index contributed by atoms with van der Waals surface area (Å²) in [6.07, 6.45) is -3.86. The molecule has 0 aliphatic rings. The van der Waals surface area contributed by atoms with Crippen molar-refractivity contribution in [1.29, 1.82) is 0 Å². The molecule has 0 atom stereocenters. The van der Waals surface area contributed by atoms with Crippen molar-refractivity contribution in [2.45, 2.75) is 19.1 Å². The number of carbonyl (C=O) groups excluding carboxylic acids is 1. The lowest BCUT2D eigenvalue weighted by atomic mass is 10.1. The highest BCUT2D eigenvalue weighted by molar-refractivity contribution is 9.10. The predicted molar refractivity (Wildman–Crippen MR) is 87.4 cm³/mol. The molecule has 0 fully saturated rings. The van der Waals surface area contributed by atoms with Crippen LogP contribution in [-0.4, -0.2) is 12.6 Å². The van der Waals surface area contributed by atoms with E-state index in [0.717, 1.165) is 27.0 Å². The van der Waals surface area contributed by atoms with Crippen molar-refractivity contribution in [3.63, 3.8) is 0 Å². The molecule has 0 spiro atoms. The molecular formula is C15H14BrF3N2OS. The van der Waals surface area contributed by atoms with E-state index in [4.69, 9.17) is 0 Å². The van der Waals surface area contributed by atoms with E-state index in [0.29, 0.717) is 19.5 Å². The summed E-state index contributed by atoms with van der Waals surface area (Å²) < 4.78 is 38.3. The van der Waals surface area contributed by atoms with Gasteiger partial charge < -0.3 is 10.6 Å². The molecule has 2 rings (SSSR count). The highest BCUT2D eigenvalue weighted by Crippen LogP contribution is 2.29. The molecule has 0 bridgehead atoms. The number of benzene rings is 1. The minimum absolute atomic E-state index is 0.304. The van der Waals surface area contributed by atoms with Crippen LogP contribution in [0.2, 0.25) is 0 Å². The zero-order chi connectivity index (χ0) is 16.9. The van der Waals surface area contributed by atoms with E-state index in [1.165, 1.54) is 23.5 Å². The van der Waals surface area contributed by atoms with Crippen LogP contribution in [0.3, 0.4) is 0 Å². The first-order valence-corrected chi connectivity index (χ1v) is 8.42. The Kier molecular flexibility index (Phi) is 6.06. The van der Waals surface area contributed by atoms with E-state index < -0.39 is 11.7 Å². The first-order valence-electron chi connectivity index (χ1n) is 6.75. The summed E-state index contributed by atoms with van der Waals surface area (Å²) in [4.78, 5) is 12.6. The molecule has 8 heteroatoms. The van der Waals surface area contributed by atoms with Crippen LogP contribution in [0, 0.1) is 0 Å². The number of halogens is 4. The minimum Gasteiger partial charge on any atom is -0.338 e. The lowest BCUT2D eigenvalue weighted by Crippen LogP contribution is -2.36. The monoisotopic (exact) mass is 406 g/mol. The number of urea groups is 1. The number of amides is 2. The fourth-order valence-electron chi connectivity index (χ4n) is 1.86. The normalized spacial score (nSPS) is 11.3. The maximum Gasteiger partial charge on any atom is 0.416 e. The van der Waals surface area contributed by atoms with E-state index in [-0.39, 0.29) is 6.03 Å². The van der Waals surface area contributed by atoms with Gasteiger partial charge in [-0.1, -0.05) is 12.1 Å². The van der Waals surface area contributed by atoms with Gasteiger partial charge in [-0.05, 0) is 46.1 Å². The third-order valence-corrected chi connectivity index (χ3v) is 4.72. The number of nitrogens with one attached hydrogen (secondary N) is 2. The van der Waals surface area contributed by atoms with Crippen LogP contribution in [-0.2, 0) is 19.1 Å². The van der Waals surface area contributed by atoms with Crippen molar-refractivity contribution >= 4 is 33.3 Å². The molecule has 1 aromatic heterocycles. The zero-order valence-corrected chi connectivity index (χ0v) is 14.3. The number of hydrogen-bond acceptors (Lipinski definition) is 2. The highest BCUT2D eigenvalue weighted by Gasteiger charge is 2.29. The Morgan fingerprint density at radius 1 is 1.17 bits per heavy atom. The van der Waals surface area contributed by atoms with Gasteiger partial charge in [0.2, 0.25) is 0 Å². The Bertz CT molecular complexity index is 655. The lowest BCUT2D eigenvalue weighted by Gasteiger charge is -2.09. The Morgan fingerprint density at radius 2 is 1.87 bits per heavy atom. The Balaban J connectivity index is 1.71. The van der Waals surface area contributed by atoms with Crippen LogP contribution >= 0.6 is 27.3 Å². The van der Waals surface area contributed by atoms with Crippen molar-refractivity contribution in [3.8, 4) is 0 Å². The number of thiophene rings is 1. The van der Waals surface area contributed by atoms with E-state index in [9.17, 15) is 18.0 Å². The highest BCUT2D eigenvalue weighted by atomic mass is 79.9. The molecule has 0 aliphatic heterocycles. The molecule has 23 heavy (non-hydrogen) atoms. The SMILES string of the molecule is O=C(NCCc1ccc(C(F)(F)F)cc1)NCc1cc(Br)cs1. The molecule has 0 saturated heterocycles. The molecule has 0 radical (unpaired) electrons. The summed E-state index contributed by atoms with van der Waals surface area (Å²) in [6, 6.07) is 6.56. The number of alkyl halides is 3. The van der Waals surface area contributed by atoms with Crippen molar-refractivity contribution in [1.82, 2.24) is 10.6 Å². The van der Waals surface area contributed by atoms with Gasteiger partial charge in [0.05, 0.1) is 12.1 Å². The van der Waals surface area contributed by atoms with Gasteiger partial charge in [0.25, 0.3) is 0 Å². The smallest absolute Gasteiger partial charge is 0.338 e. The quantitative estimate of drug-likeness (QED) is 0.749. The summed E-state index contributed by atoms with van der Waals surface area (Å²) in [5.41, 5.74) is 0.0644. The third kappa shape index (κ3) is 5.87. The Hall–Kier alpha value is -1.54. The van der Waals surface area contributed by atoms with Crippen molar-refractivity contribution in [2.24, 2.45) is 0 Å². The summed E-state index contributed by atoms with van der Waals surface area (Å²) in [5.74, 6) is 0. The molecule has 0 saturated carbocycles. The van der Waals surface area contributed by atoms with Crippen LogP contribution in [0.5, 0.6) is 0 Å². The van der Waals surface area contributed by atoms with Crippen LogP contribution < -0.4 is 10.6 Å². The molecule has 2 amide bonds. The molecule has 0 aliphatic carbocycles. The number of rotatable bonds is 5. The maximum absolute atomic E-state index is 12.4. The predicted octanol–water partition coefficient (Wildman–Crippen LogP) is 4.57. The molecule has 2 aromatic rings. The van der Waals surface area contributed by atoms with Crippen LogP contribution in [0.4, 0.5) is 18.0 Å². The molecule has 2 N–H and O–H groups in total. The minimum atomic E-state index is -4.33. The van der Waals surface area contributed by atoms with Gasteiger partial charge in [-0.15, -0.1) is 11.3 Å². The van der Waals surface area contributed by atoms with E-state index in [1.807, 2.05) is 11.4 Å². The van der Waals surface area contributed by atoms with Crippen molar-refractivity contribution in [3.05, 3.63) is 56.2 Å². The lowest BCUT2D eigenvalue weighted by molar-refractivity contribution is -0.137. The fraction of sp³-hybridized carbons (Fsp3) is 0.267. The molecule has 1 aromatic carbocycles. The topological polar surface area (TPSA) is 41.1 Å². The van der Waals surface area contributed by atoms with E-state index in [1.54, 1.807) is 0 Å². The average Bonchev–Trinajstić information content (AvgIpc) is 2.90. The van der Waals surface area contributed by atoms with Gasteiger partial charge in [0.1, 0.15) is 0 Å². The van der Waals surface area contributed by atoms with Gasteiger partial charge in [-0.25, -0.2) is 4.79 Å². The largest absolute Gasteiger partial charge is 0.416 e. The second kappa shape index (κ2) is 7.83. The Morgan fingerprint density at radius 3 is 2.43 bits per heavy atom. The first-order chi connectivity index (χ1) is 10.8. The average molecular weight is 407 g/mol. The van der Waals surface area contributed by atoms with Gasteiger partial charge >= 0.3 is 12.2 Å². The fourth-order valence-corrected chi connectivity index (χ4v) is 3.25. The zero-order valence-electron chi connectivity index (χ0n) is 11.9. The molecule has 1 heterocycles. The van der Waals surface area contributed by atoms with Crippen molar-refractivity contribution < 1.29 is 18.0 Å². The number of hydrogen-bond donors (Lipinski definition) is 2. The molecular weight excluding hydrogens is 393 g/mol. The van der Waals surface area contributed by atoms with Crippen LogP contribution in [0.15, 0.2) is 40.2 Å². The van der Waals surface area contributed by atoms with Crippen molar-refractivity contribution in [2.75, 3.05) is 6.54 Å². The van der Waals surface area contributed by atoms with Gasteiger partial charge in [-0.3, -0.25) is 0 Å². The second-order valence-corrected chi connectivity index (χ2v) is 6.70. The standard InChI is InChI=1S/C15H14BrF3N2OS/c16-12-7-13(23-9-12)8-21-14(22)20-6-5-10-1-3-11(4-2-10)15(17,18)19/h1-4,7,9H,5-6,8H2,(H2,20,21,22). The second-order valence-electron chi connectivity index (χ2n) is 4.79. The summed E-state index contributed by atoms with van der Waals surface area (Å²) >= 11 is 4.87. The van der Waals surface area contributed by atoms with Crippen LogP contribution in [0.1, 0.15) is 16.0 Å².